The monoisotopic (exact) mass is 372 g/mol. The SMILES string of the molecule is CCCCCN(Cc1cccn1Cc1cccc(Cl)c1)C(=O)C1CCC1. The van der Waals surface area contributed by atoms with Gasteiger partial charge in [0.25, 0.3) is 0 Å². The molecule has 1 saturated carbocycles. The summed E-state index contributed by atoms with van der Waals surface area (Å²) in [5.74, 6) is 0.607. The van der Waals surface area contributed by atoms with Crippen molar-refractivity contribution < 1.29 is 4.79 Å². The summed E-state index contributed by atoms with van der Waals surface area (Å²) in [6, 6.07) is 12.2. The Morgan fingerprint density at radius 2 is 2.08 bits per heavy atom. The van der Waals surface area contributed by atoms with E-state index in [4.69, 9.17) is 11.6 Å². The van der Waals surface area contributed by atoms with E-state index in [1.807, 2.05) is 18.2 Å². The molecule has 0 radical (unpaired) electrons. The average Bonchev–Trinajstić information content (AvgIpc) is 2.99. The van der Waals surface area contributed by atoms with Crippen LogP contribution in [0.4, 0.5) is 0 Å². The molecule has 3 rings (SSSR count). The number of carbonyl (C=O) groups is 1. The van der Waals surface area contributed by atoms with Gasteiger partial charge in [-0.15, -0.1) is 0 Å². The fraction of sp³-hybridized carbons (Fsp3) is 0.500. The number of hydrogen-bond donors (Lipinski definition) is 0. The summed E-state index contributed by atoms with van der Waals surface area (Å²) in [6.45, 7) is 4.55. The summed E-state index contributed by atoms with van der Waals surface area (Å²) in [5.41, 5.74) is 2.37. The fourth-order valence-electron chi connectivity index (χ4n) is 3.51. The number of hydrogen-bond acceptors (Lipinski definition) is 1. The molecule has 1 fully saturated rings. The summed E-state index contributed by atoms with van der Waals surface area (Å²) in [4.78, 5) is 14.9. The lowest BCUT2D eigenvalue weighted by atomic mass is 9.84. The Morgan fingerprint density at radius 1 is 1.23 bits per heavy atom. The van der Waals surface area contributed by atoms with Crippen LogP contribution in [0.15, 0.2) is 42.6 Å². The molecule has 26 heavy (non-hydrogen) atoms. The van der Waals surface area contributed by atoms with Gasteiger partial charge < -0.3 is 9.47 Å². The molecule has 1 aliphatic carbocycles. The summed E-state index contributed by atoms with van der Waals surface area (Å²) in [7, 11) is 0. The lowest BCUT2D eigenvalue weighted by Gasteiger charge is -2.32. The average molecular weight is 373 g/mol. The van der Waals surface area contributed by atoms with E-state index in [-0.39, 0.29) is 5.92 Å². The van der Waals surface area contributed by atoms with E-state index in [1.165, 1.54) is 30.5 Å². The van der Waals surface area contributed by atoms with Crippen LogP contribution in [0.5, 0.6) is 0 Å². The summed E-state index contributed by atoms with van der Waals surface area (Å²) < 4.78 is 2.23. The molecular formula is C22H29ClN2O. The zero-order chi connectivity index (χ0) is 18.4. The highest BCUT2D eigenvalue weighted by Crippen LogP contribution is 2.29. The molecule has 0 unspecified atom stereocenters. The lowest BCUT2D eigenvalue weighted by Crippen LogP contribution is -2.39. The molecule has 0 N–H and O–H groups in total. The zero-order valence-electron chi connectivity index (χ0n) is 15.7. The van der Waals surface area contributed by atoms with E-state index in [0.717, 1.165) is 37.4 Å². The molecule has 1 aliphatic rings. The van der Waals surface area contributed by atoms with Gasteiger partial charge >= 0.3 is 0 Å². The fourth-order valence-corrected chi connectivity index (χ4v) is 3.72. The van der Waals surface area contributed by atoms with E-state index < -0.39 is 0 Å². The number of nitrogens with zero attached hydrogens (tertiary/aromatic N) is 2. The number of carbonyl (C=O) groups excluding carboxylic acids is 1. The first kappa shape index (κ1) is 19.0. The Morgan fingerprint density at radius 3 is 2.77 bits per heavy atom. The van der Waals surface area contributed by atoms with Crippen molar-refractivity contribution in [2.75, 3.05) is 6.54 Å². The first-order chi connectivity index (χ1) is 12.7. The van der Waals surface area contributed by atoms with E-state index in [2.05, 4.69) is 40.8 Å². The van der Waals surface area contributed by atoms with E-state index in [1.54, 1.807) is 0 Å². The highest BCUT2D eigenvalue weighted by Gasteiger charge is 2.29. The maximum Gasteiger partial charge on any atom is 0.226 e. The van der Waals surface area contributed by atoms with Crippen LogP contribution in [0.2, 0.25) is 5.02 Å². The first-order valence-corrected chi connectivity index (χ1v) is 10.2. The molecule has 0 spiro atoms. The van der Waals surface area contributed by atoms with Crippen LogP contribution >= 0.6 is 11.6 Å². The molecule has 1 amide bonds. The predicted molar refractivity (Wildman–Crippen MR) is 107 cm³/mol. The van der Waals surface area contributed by atoms with Crippen LogP contribution in [0.3, 0.4) is 0 Å². The highest BCUT2D eigenvalue weighted by atomic mass is 35.5. The second kappa shape index (κ2) is 9.27. The number of halogens is 1. The van der Waals surface area contributed by atoms with Gasteiger partial charge in [0.15, 0.2) is 0 Å². The smallest absolute Gasteiger partial charge is 0.226 e. The Kier molecular flexibility index (Phi) is 6.79. The maximum atomic E-state index is 12.9. The molecule has 2 aromatic rings. The standard InChI is InChI=1S/C22H29ClN2O/c1-2-3-4-13-25(22(26)19-9-6-10-19)17-21-12-7-14-24(21)16-18-8-5-11-20(23)15-18/h5,7-8,11-12,14-15,19H,2-4,6,9-10,13,16-17H2,1H3. The molecule has 0 aliphatic heterocycles. The second-order valence-electron chi connectivity index (χ2n) is 7.35. The van der Waals surface area contributed by atoms with Crippen molar-refractivity contribution in [1.29, 1.82) is 0 Å². The number of amides is 1. The highest BCUT2D eigenvalue weighted by molar-refractivity contribution is 6.30. The predicted octanol–water partition coefficient (Wildman–Crippen LogP) is 5.51. The Balaban J connectivity index is 1.69. The molecule has 0 saturated heterocycles. The minimum Gasteiger partial charge on any atom is -0.345 e. The third kappa shape index (κ3) is 4.91. The topological polar surface area (TPSA) is 25.2 Å². The molecule has 0 bridgehead atoms. The van der Waals surface area contributed by atoms with Crippen LogP contribution in [-0.2, 0) is 17.9 Å². The number of unbranched alkanes of at least 4 members (excludes halogenated alkanes) is 2. The largest absolute Gasteiger partial charge is 0.345 e. The maximum absolute atomic E-state index is 12.9. The van der Waals surface area contributed by atoms with Gasteiger partial charge in [-0.2, -0.15) is 0 Å². The van der Waals surface area contributed by atoms with Gasteiger partial charge in [-0.1, -0.05) is 49.9 Å². The molecule has 3 nitrogen and oxygen atoms in total. The van der Waals surface area contributed by atoms with Crippen LogP contribution in [0, 0.1) is 5.92 Å². The van der Waals surface area contributed by atoms with E-state index in [9.17, 15) is 4.79 Å². The number of rotatable bonds is 9. The minimum absolute atomic E-state index is 0.257. The van der Waals surface area contributed by atoms with Crippen molar-refractivity contribution in [3.05, 3.63) is 58.9 Å². The van der Waals surface area contributed by atoms with Crippen molar-refractivity contribution in [1.82, 2.24) is 9.47 Å². The van der Waals surface area contributed by atoms with Crippen LogP contribution < -0.4 is 0 Å². The van der Waals surface area contributed by atoms with E-state index >= 15 is 0 Å². The van der Waals surface area contributed by atoms with Crippen LogP contribution in [-0.4, -0.2) is 21.9 Å². The van der Waals surface area contributed by atoms with Gasteiger partial charge in [-0.25, -0.2) is 0 Å². The van der Waals surface area contributed by atoms with Crippen molar-refractivity contribution in [3.8, 4) is 0 Å². The Bertz CT molecular complexity index is 720. The van der Waals surface area contributed by atoms with Gasteiger partial charge in [0.1, 0.15) is 0 Å². The minimum atomic E-state index is 0.257. The van der Waals surface area contributed by atoms with Gasteiger partial charge in [0.2, 0.25) is 5.91 Å². The van der Waals surface area contributed by atoms with E-state index in [0.29, 0.717) is 12.5 Å². The summed E-state index contributed by atoms with van der Waals surface area (Å²) in [5, 5.41) is 0.762. The Hall–Kier alpha value is -1.74. The van der Waals surface area contributed by atoms with Crippen molar-refractivity contribution in [2.45, 2.75) is 58.5 Å². The molecule has 1 aromatic heterocycles. The number of benzene rings is 1. The molecular weight excluding hydrogens is 344 g/mol. The number of aromatic nitrogens is 1. The second-order valence-corrected chi connectivity index (χ2v) is 7.79. The van der Waals surface area contributed by atoms with Gasteiger partial charge in [-0.3, -0.25) is 4.79 Å². The molecule has 1 aromatic carbocycles. The van der Waals surface area contributed by atoms with Gasteiger partial charge in [0.05, 0.1) is 6.54 Å². The van der Waals surface area contributed by atoms with Crippen LogP contribution in [0.25, 0.3) is 0 Å². The zero-order valence-corrected chi connectivity index (χ0v) is 16.4. The van der Waals surface area contributed by atoms with Crippen molar-refractivity contribution in [3.63, 3.8) is 0 Å². The van der Waals surface area contributed by atoms with Gasteiger partial charge in [0, 0.05) is 35.9 Å². The Labute approximate surface area is 162 Å². The van der Waals surface area contributed by atoms with Crippen LogP contribution in [0.1, 0.15) is 56.7 Å². The summed E-state index contributed by atoms with van der Waals surface area (Å²) in [6.07, 6.45) is 8.86. The third-order valence-corrected chi connectivity index (χ3v) is 5.55. The molecule has 4 heteroatoms. The van der Waals surface area contributed by atoms with Gasteiger partial charge in [-0.05, 0) is 49.1 Å². The first-order valence-electron chi connectivity index (χ1n) is 9.84. The normalized spacial score (nSPS) is 14.2. The molecule has 140 valence electrons. The molecule has 0 atom stereocenters. The lowest BCUT2D eigenvalue weighted by molar-refractivity contribution is -0.139. The molecule has 1 heterocycles. The quantitative estimate of drug-likeness (QED) is 0.533. The third-order valence-electron chi connectivity index (χ3n) is 5.32. The van der Waals surface area contributed by atoms with Crippen molar-refractivity contribution >= 4 is 17.5 Å². The van der Waals surface area contributed by atoms with Crippen molar-refractivity contribution in [2.24, 2.45) is 5.92 Å². The summed E-state index contributed by atoms with van der Waals surface area (Å²) >= 11 is 6.12.